The zero-order valence-corrected chi connectivity index (χ0v) is 24.4. The van der Waals surface area contributed by atoms with Gasteiger partial charge in [-0.25, -0.2) is 0 Å². The highest BCUT2D eigenvalue weighted by Gasteiger charge is 2.65. The molecule has 0 amide bonds. The molecule has 0 saturated carbocycles. The third-order valence-corrected chi connectivity index (χ3v) is 11.3. The zero-order valence-electron chi connectivity index (χ0n) is 24.4. The Morgan fingerprint density at radius 2 is 1.21 bits per heavy atom. The van der Waals surface area contributed by atoms with E-state index < -0.39 is 0 Å². The molecule has 0 fully saturated rings. The average molecular weight is 500 g/mol. The lowest BCUT2D eigenvalue weighted by atomic mass is 9.55. The summed E-state index contributed by atoms with van der Waals surface area (Å²) in [5.41, 5.74) is 12.0. The topological polar surface area (TPSA) is 12.9 Å². The van der Waals surface area contributed by atoms with Crippen LogP contribution in [0.3, 0.4) is 0 Å². The van der Waals surface area contributed by atoms with E-state index in [1.54, 1.807) is 5.56 Å². The maximum Gasteiger partial charge on any atom is 0.0708 e. The van der Waals surface area contributed by atoms with Gasteiger partial charge < -0.3 is 0 Å². The van der Waals surface area contributed by atoms with Gasteiger partial charge in [0.25, 0.3) is 0 Å². The van der Waals surface area contributed by atoms with Crippen molar-refractivity contribution in [3.63, 3.8) is 0 Å². The molecule has 7 rings (SSSR count). The van der Waals surface area contributed by atoms with Crippen molar-refractivity contribution in [2.24, 2.45) is 5.41 Å². The Morgan fingerprint density at radius 1 is 0.632 bits per heavy atom. The minimum absolute atomic E-state index is 0.0124. The van der Waals surface area contributed by atoms with E-state index in [4.69, 9.17) is 4.98 Å². The van der Waals surface area contributed by atoms with Crippen LogP contribution in [0.4, 0.5) is 0 Å². The van der Waals surface area contributed by atoms with Gasteiger partial charge in [-0.05, 0) is 103 Å². The fourth-order valence-electron chi connectivity index (χ4n) is 9.60. The molecule has 0 aliphatic heterocycles. The van der Waals surface area contributed by atoms with Crippen molar-refractivity contribution in [2.75, 3.05) is 0 Å². The molecular weight excluding hydrogens is 458 g/mol. The Kier molecular flexibility index (Phi) is 4.56. The molecule has 0 bridgehead atoms. The number of nitrogens with zero attached hydrogens (tertiary/aromatic N) is 1. The Balaban J connectivity index is 1.54. The molecule has 1 nitrogen and oxygen atoms in total. The molecule has 0 saturated heterocycles. The molecule has 38 heavy (non-hydrogen) atoms. The van der Waals surface area contributed by atoms with Crippen molar-refractivity contribution in [3.8, 4) is 11.3 Å². The van der Waals surface area contributed by atoms with Crippen LogP contribution in [0.1, 0.15) is 95.2 Å². The Labute approximate surface area is 228 Å². The average Bonchev–Trinajstić information content (AvgIpc) is 3.40. The lowest BCUT2D eigenvalue weighted by Gasteiger charge is -2.48. The van der Waals surface area contributed by atoms with Gasteiger partial charge in [-0.15, -0.1) is 0 Å². The predicted molar refractivity (Wildman–Crippen MR) is 160 cm³/mol. The van der Waals surface area contributed by atoms with E-state index in [-0.39, 0.29) is 27.1 Å². The van der Waals surface area contributed by atoms with Gasteiger partial charge in [0.15, 0.2) is 0 Å². The minimum Gasteiger partial charge on any atom is -0.256 e. The van der Waals surface area contributed by atoms with E-state index in [0.29, 0.717) is 0 Å². The van der Waals surface area contributed by atoms with Gasteiger partial charge in [0, 0.05) is 11.8 Å². The summed E-state index contributed by atoms with van der Waals surface area (Å²) >= 11 is 0. The summed E-state index contributed by atoms with van der Waals surface area (Å²) in [5.74, 6) is 0. The lowest BCUT2D eigenvalue weighted by Crippen LogP contribution is -2.48. The molecule has 3 aliphatic carbocycles. The zero-order chi connectivity index (χ0) is 26.9. The highest BCUT2D eigenvalue weighted by atomic mass is 14.7. The maximum atomic E-state index is 5.23. The second-order valence-electron chi connectivity index (χ2n) is 14.9. The fourth-order valence-corrected chi connectivity index (χ4v) is 9.60. The molecule has 0 N–H and O–H groups in total. The molecular formula is C37H41N. The first-order valence-corrected chi connectivity index (χ1v) is 14.5. The molecule has 1 spiro atoms. The molecule has 3 aromatic carbocycles. The largest absolute Gasteiger partial charge is 0.256 e. The first kappa shape index (κ1) is 24.1. The van der Waals surface area contributed by atoms with Crippen molar-refractivity contribution in [3.05, 3.63) is 100 Å². The van der Waals surface area contributed by atoms with Gasteiger partial charge in [-0.3, -0.25) is 4.98 Å². The van der Waals surface area contributed by atoms with Gasteiger partial charge in [-0.1, -0.05) is 104 Å². The highest BCUT2D eigenvalue weighted by molar-refractivity contribution is 5.95. The van der Waals surface area contributed by atoms with E-state index in [1.165, 1.54) is 44.2 Å². The van der Waals surface area contributed by atoms with Gasteiger partial charge >= 0.3 is 0 Å². The van der Waals surface area contributed by atoms with Crippen molar-refractivity contribution in [2.45, 2.75) is 96.3 Å². The van der Waals surface area contributed by atoms with Crippen LogP contribution < -0.4 is 0 Å². The number of aromatic nitrogens is 1. The monoisotopic (exact) mass is 499 g/mol. The summed E-state index contributed by atoms with van der Waals surface area (Å²) in [4.78, 5) is 5.23. The van der Waals surface area contributed by atoms with Gasteiger partial charge in [-0.2, -0.15) is 0 Å². The summed E-state index contributed by atoms with van der Waals surface area (Å²) in [7, 11) is 0. The molecule has 194 valence electrons. The van der Waals surface area contributed by atoms with Crippen molar-refractivity contribution >= 4 is 10.8 Å². The Bertz CT molecular complexity index is 1620. The first-order chi connectivity index (χ1) is 17.8. The summed E-state index contributed by atoms with van der Waals surface area (Å²) in [5, 5.41) is 2.75. The smallest absolute Gasteiger partial charge is 0.0708 e. The standard InChI is InChI=1S/C37H41N/c1-33(2)22-34(3,4)29-21-38-30(18-28(29)33)27-17-23-13-11-12-16-26(23)31-32(27)36(7,8)37(35(31,5)6)19-24-14-9-10-15-25(24)20-37/h9-18,21H,19-20,22H2,1-8H3. The first-order valence-electron chi connectivity index (χ1n) is 14.5. The summed E-state index contributed by atoms with van der Waals surface area (Å²) < 4.78 is 0. The second-order valence-corrected chi connectivity index (χ2v) is 14.9. The molecule has 1 heteroatoms. The van der Waals surface area contributed by atoms with Gasteiger partial charge in [0.2, 0.25) is 0 Å². The summed E-state index contributed by atoms with van der Waals surface area (Å²) in [6.07, 6.45) is 5.63. The quantitative estimate of drug-likeness (QED) is 0.254. The van der Waals surface area contributed by atoms with Crippen LogP contribution >= 0.6 is 0 Å². The molecule has 4 aromatic rings. The molecule has 1 aromatic heterocycles. The molecule has 3 aliphatic rings. The normalized spacial score (nSPS) is 22.4. The minimum atomic E-state index is -0.0142. The third kappa shape index (κ3) is 2.81. The van der Waals surface area contributed by atoms with Crippen LogP contribution in [0.5, 0.6) is 0 Å². The van der Waals surface area contributed by atoms with Crippen LogP contribution in [0.2, 0.25) is 0 Å². The maximum absolute atomic E-state index is 5.23. The number of benzene rings is 3. The third-order valence-electron chi connectivity index (χ3n) is 11.3. The van der Waals surface area contributed by atoms with Gasteiger partial charge in [0.1, 0.15) is 0 Å². The van der Waals surface area contributed by atoms with Crippen LogP contribution in [-0.2, 0) is 34.5 Å². The predicted octanol–water partition coefficient (Wildman–Crippen LogP) is 9.21. The highest BCUT2D eigenvalue weighted by Crippen LogP contribution is 2.69. The van der Waals surface area contributed by atoms with E-state index in [9.17, 15) is 0 Å². The fraction of sp³-hybridized carbons (Fsp3) is 0.432. The van der Waals surface area contributed by atoms with Crippen LogP contribution in [-0.4, -0.2) is 4.98 Å². The van der Waals surface area contributed by atoms with Crippen LogP contribution in [0.25, 0.3) is 22.0 Å². The van der Waals surface area contributed by atoms with Crippen molar-refractivity contribution < 1.29 is 0 Å². The lowest BCUT2D eigenvalue weighted by molar-refractivity contribution is 0.0895. The summed E-state index contributed by atoms with van der Waals surface area (Å²) in [6.45, 7) is 19.7. The number of fused-ring (bicyclic) bond motifs is 5. The van der Waals surface area contributed by atoms with Gasteiger partial charge in [0.05, 0.1) is 5.69 Å². The SMILES string of the molecule is CC1(C)CC(C)(C)c2cc(-c3cc4ccccc4c4c3C(C)(C)C3(Cc5ccccc5C3)C4(C)C)ncc21. The molecule has 0 unspecified atom stereocenters. The van der Waals surface area contributed by atoms with E-state index >= 15 is 0 Å². The number of pyridine rings is 1. The Hall–Kier alpha value is -2.93. The van der Waals surface area contributed by atoms with Crippen LogP contribution in [0, 0.1) is 5.41 Å². The molecule has 0 radical (unpaired) electrons. The second kappa shape index (κ2) is 7.17. The molecule has 0 atom stereocenters. The van der Waals surface area contributed by atoms with Crippen molar-refractivity contribution in [1.29, 1.82) is 0 Å². The number of hydrogen-bond donors (Lipinski definition) is 0. The van der Waals surface area contributed by atoms with E-state index in [1.807, 2.05) is 0 Å². The number of rotatable bonds is 1. The molecule has 1 heterocycles. The summed E-state index contributed by atoms with van der Waals surface area (Å²) in [6, 6.07) is 23.1. The van der Waals surface area contributed by atoms with Crippen molar-refractivity contribution in [1.82, 2.24) is 4.98 Å². The van der Waals surface area contributed by atoms with Crippen LogP contribution in [0.15, 0.2) is 66.9 Å². The number of hydrogen-bond acceptors (Lipinski definition) is 1. The van der Waals surface area contributed by atoms with E-state index in [2.05, 4.69) is 122 Å². The Morgan fingerprint density at radius 3 is 1.89 bits per heavy atom. The van der Waals surface area contributed by atoms with E-state index in [0.717, 1.165) is 25.0 Å².